The molecule has 2 saturated heterocycles. The molecule has 2 aromatic carbocycles. The van der Waals surface area contributed by atoms with Crippen LogP contribution in [0.5, 0.6) is 0 Å². The summed E-state index contributed by atoms with van der Waals surface area (Å²) in [6, 6.07) is 8.76. The van der Waals surface area contributed by atoms with Crippen LogP contribution in [0.15, 0.2) is 40.8 Å². The lowest BCUT2D eigenvalue weighted by molar-refractivity contribution is -0.0738. The zero-order valence-corrected chi connectivity index (χ0v) is 20.9. The van der Waals surface area contributed by atoms with Crippen LogP contribution in [0.4, 0.5) is 23.7 Å². The molecule has 13 heteroatoms. The van der Waals surface area contributed by atoms with Crippen molar-refractivity contribution in [2.24, 2.45) is 0 Å². The Morgan fingerprint density at radius 2 is 1.84 bits per heavy atom. The average Bonchev–Trinajstić information content (AvgIpc) is 3.35. The van der Waals surface area contributed by atoms with Crippen LogP contribution < -0.4 is 4.90 Å². The van der Waals surface area contributed by atoms with Gasteiger partial charge >= 0.3 is 12.5 Å². The van der Waals surface area contributed by atoms with Crippen molar-refractivity contribution in [3.05, 3.63) is 63.7 Å². The maximum Gasteiger partial charge on any atom is 0.324 e. The van der Waals surface area contributed by atoms with Gasteiger partial charge in [-0.15, -0.1) is 10.2 Å². The van der Waals surface area contributed by atoms with Gasteiger partial charge in [-0.25, -0.2) is 9.18 Å². The third-order valence-electron chi connectivity index (χ3n) is 6.41. The van der Waals surface area contributed by atoms with Gasteiger partial charge < -0.3 is 14.1 Å². The number of nitrogens with zero attached hydrogens (tertiary/aromatic N) is 5. The zero-order valence-electron chi connectivity index (χ0n) is 19.4. The van der Waals surface area contributed by atoms with Crippen LogP contribution in [0.3, 0.4) is 0 Å². The highest BCUT2D eigenvalue weighted by Crippen LogP contribution is 2.32. The Morgan fingerprint density at radius 1 is 1.08 bits per heavy atom. The molecule has 3 heterocycles. The normalized spacial score (nSPS) is 16.8. The molecule has 0 unspecified atom stereocenters. The molecule has 0 radical (unpaired) electrons. The van der Waals surface area contributed by atoms with E-state index in [1.807, 2.05) is 0 Å². The number of ether oxygens (including phenoxy) is 1. The van der Waals surface area contributed by atoms with E-state index < -0.39 is 18.1 Å². The van der Waals surface area contributed by atoms with Crippen LogP contribution in [-0.2, 0) is 11.3 Å². The van der Waals surface area contributed by atoms with Crippen LogP contribution in [-0.4, -0.2) is 71.5 Å². The number of anilines is 1. The van der Waals surface area contributed by atoms with Crippen molar-refractivity contribution in [1.82, 2.24) is 20.0 Å². The molecule has 0 aliphatic carbocycles. The van der Waals surface area contributed by atoms with Crippen LogP contribution in [0.25, 0.3) is 11.5 Å². The monoisotopic (exact) mass is 555 g/mol. The second kappa shape index (κ2) is 10.9. The minimum atomic E-state index is -2.93. The van der Waals surface area contributed by atoms with Crippen LogP contribution in [0, 0.1) is 5.82 Å². The number of urea groups is 1. The molecule has 37 heavy (non-hydrogen) atoms. The van der Waals surface area contributed by atoms with E-state index in [9.17, 15) is 13.6 Å². The number of halogens is 5. The fourth-order valence-electron chi connectivity index (χ4n) is 4.25. The van der Waals surface area contributed by atoms with E-state index in [1.54, 1.807) is 23.1 Å². The molecule has 2 amide bonds. The Labute approximate surface area is 220 Å². The molecule has 0 saturated carbocycles. The summed E-state index contributed by atoms with van der Waals surface area (Å²) in [6.45, 7) is 3.63. The number of piperazine rings is 1. The highest BCUT2D eigenvalue weighted by molar-refractivity contribution is 6.35. The Kier molecular flexibility index (Phi) is 7.57. The molecule has 0 spiro atoms. The fourth-order valence-corrected chi connectivity index (χ4v) is 4.64. The summed E-state index contributed by atoms with van der Waals surface area (Å²) < 4.78 is 50.9. The lowest BCUT2D eigenvalue weighted by atomic mass is 10.1. The smallest absolute Gasteiger partial charge is 0.324 e. The molecule has 3 aromatic rings. The predicted octanol–water partition coefficient (Wildman–Crippen LogP) is 5.26. The number of amides is 2. The molecule has 0 atom stereocenters. The number of carbonyl (C=O) groups excluding carboxylic acids is 1. The maximum atomic E-state index is 15.2. The lowest BCUT2D eigenvalue weighted by Crippen LogP contribution is -2.59. The summed E-state index contributed by atoms with van der Waals surface area (Å²) in [5.41, 5.74) is 0.651. The van der Waals surface area contributed by atoms with Crippen LogP contribution >= 0.6 is 23.2 Å². The number of carbonyl (C=O) groups is 1. The number of rotatable bonds is 6. The van der Waals surface area contributed by atoms with Gasteiger partial charge in [-0.2, -0.15) is 8.78 Å². The van der Waals surface area contributed by atoms with Crippen LogP contribution in [0.2, 0.25) is 10.0 Å². The number of hydrogen-bond donors (Lipinski definition) is 0. The summed E-state index contributed by atoms with van der Waals surface area (Å²) in [7, 11) is 0. The third kappa shape index (κ3) is 5.54. The van der Waals surface area contributed by atoms with Gasteiger partial charge in [0.25, 0.3) is 5.89 Å². The van der Waals surface area contributed by atoms with Gasteiger partial charge in [-0.1, -0.05) is 29.3 Å². The van der Waals surface area contributed by atoms with Gasteiger partial charge in [0, 0.05) is 42.3 Å². The van der Waals surface area contributed by atoms with Crippen LogP contribution in [0.1, 0.15) is 17.9 Å². The van der Waals surface area contributed by atoms with E-state index in [2.05, 4.69) is 15.1 Å². The Bertz CT molecular complexity index is 1280. The summed E-state index contributed by atoms with van der Waals surface area (Å²) in [5.74, 6) is -1.77. The molecule has 8 nitrogen and oxygen atoms in total. The van der Waals surface area contributed by atoms with Crippen molar-refractivity contribution in [3.8, 4) is 11.5 Å². The summed E-state index contributed by atoms with van der Waals surface area (Å²) in [5, 5.41) is 7.47. The first kappa shape index (κ1) is 25.8. The van der Waals surface area contributed by atoms with Crippen molar-refractivity contribution in [2.75, 3.05) is 44.3 Å². The molecular formula is C24H22Cl2F3N5O3. The van der Waals surface area contributed by atoms with Crippen molar-refractivity contribution in [3.63, 3.8) is 0 Å². The minimum absolute atomic E-state index is 0.135. The van der Waals surface area contributed by atoms with Crippen molar-refractivity contribution in [2.45, 2.75) is 19.0 Å². The lowest BCUT2D eigenvalue weighted by Gasteiger charge is -2.43. The summed E-state index contributed by atoms with van der Waals surface area (Å²) in [4.78, 5) is 19.0. The number of aromatic nitrogens is 2. The standard InChI is InChI=1S/C24H22Cl2F3N5O3/c25-16-3-4-18(26)20(10-16)34(24(35)33-7-5-32(6-8-33)17-12-36-13-17)11-15-2-1-14(9-19(15)27)22-30-31-23(37-22)21(28)29/h1-4,9-10,17,21H,5-8,11-13H2. The van der Waals surface area contributed by atoms with Gasteiger partial charge in [-0.05, 0) is 30.3 Å². The number of benzene rings is 2. The highest BCUT2D eigenvalue weighted by atomic mass is 35.5. The molecule has 2 fully saturated rings. The van der Waals surface area contributed by atoms with E-state index in [-0.39, 0.29) is 34.6 Å². The quantitative estimate of drug-likeness (QED) is 0.413. The Hall–Kier alpha value is -2.86. The maximum absolute atomic E-state index is 15.2. The topological polar surface area (TPSA) is 74.9 Å². The first-order valence-electron chi connectivity index (χ1n) is 11.5. The third-order valence-corrected chi connectivity index (χ3v) is 6.96. The van der Waals surface area contributed by atoms with Gasteiger partial charge in [-0.3, -0.25) is 9.80 Å². The second-order valence-electron chi connectivity index (χ2n) is 8.73. The van der Waals surface area contributed by atoms with E-state index in [0.717, 1.165) is 6.07 Å². The van der Waals surface area contributed by atoms with Crippen molar-refractivity contribution in [1.29, 1.82) is 0 Å². The largest absolute Gasteiger partial charge is 0.415 e. The van der Waals surface area contributed by atoms with E-state index in [0.29, 0.717) is 56.1 Å². The summed E-state index contributed by atoms with van der Waals surface area (Å²) in [6.07, 6.45) is -2.93. The second-order valence-corrected chi connectivity index (χ2v) is 9.57. The fraction of sp³-hybridized carbons (Fsp3) is 0.375. The highest BCUT2D eigenvalue weighted by Gasteiger charge is 2.33. The van der Waals surface area contributed by atoms with E-state index in [1.165, 1.54) is 17.0 Å². The van der Waals surface area contributed by atoms with E-state index in [4.69, 9.17) is 32.4 Å². The van der Waals surface area contributed by atoms with Gasteiger partial charge in [0.15, 0.2) is 0 Å². The molecule has 1 aromatic heterocycles. The Balaban J connectivity index is 1.39. The van der Waals surface area contributed by atoms with Crippen molar-refractivity contribution < 1.29 is 27.1 Å². The van der Waals surface area contributed by atoms with Gasteiger partial charge in [0.1, 0.15) is 5.82 Å². The molecule has 0 bridgehead atoms. The van der Waals surface area contributed by atoms with Crippen molar-refractivity contribution >= 4 is 34.9 Å². The van der Waals surface area contributed by atoms with E-state index >= 15 is 4.39 Å². The zero-order chi connectivity index (χ0) is 26.1. The predicted molar refractivity (Wildman–Crippen MR) is 130 cm³/mol. The SMILES string of the molecule is O=C(N1CCN(C2COC2)CC1)N(Cc1ccc(-c2nnc(C(F)F)o2)cc1F)c1cc(Cl)ccc1Cl. The molecule has 0 N–H and O–H groups in total. The number of alkyl halides is 2. The molecule has 5 rings (SSSR count). The minimum Gasteiger partial charge on any atom is -0.415 e. The molecular weight excluding hydrogens is 534 g/mol. The molecule has 2 aliphatic rings. The molecule has 2 aliphatic heterocycles. The van der Waals surface area contributed by atoms with Gasteiger partial charge in [0.05, 0.1) is 36.5 Å². The average molecular weight is 556 g/mol. The first-order chi connectivity index (χ1) is 17.8. The van der Waals surface area contributed by atoms with Gasteiger partial charge in [0.2, 0.25) is 5.89 Å². The number of hydrogen-bond acceptors (Lipinski definition) is 6. The first-order valence-corrected chi connectivity index (χ1v) is 12.3. The Morgan fingerprint density at radius 3 is 2.46 bits per heavy atom. The summed E-state index contributed by atoms with van der Waals surface area (Å²) >= 11 is 12.6. The molecule has 196 valence electrons.